The molecular formula is C20H20FN5O2. The number of nitrogens with zero attached hydrogens (tertiary/aromatic N) is 4. The van der Waals surface area contributed by atoms with Crippen LogP contribution in [-0.4, -0.2) is 52.9 Å². The summed E-state index contributed by atoms with van der Waals surface area (Å²) in [4.78, 5) is 27.6. The Morgan fingerprint density at radius 1 is 1.32 bits per heavy atom. The molecule has 0 bridgehead atoms. The number of carbonyl (C=O) groups excluding carboxylic acids is 1. The lowest BCUT2D eigenvalue weighted by Gasteiger charge is -2.23. The highest BCUT2D eigenvalue weighted by Gasteiger charge is 2.30. The summed E-state index contributed by atoms with van der Waals surface area (Å²) in [6.45, 7) is 3.50. The van der Waals surface area contributed by atoms with Gasteiger partial charge < -0.3 is 15.0 Å². The van der Waals surface area contributed by atoms with Crippen LogP contribution in [0, 0.1) is 5.82 Å². The second-order valence-electron chi connectivity index (χ2n) is 6.81. The Labute approximate surface area is 162 Å². The van der Waals surface area contributed by atoms with Crippen molar-refractivity contribution in [3.05, 3.63) is 48.1 Å². The van der Waals surface area contributed by atoms with Gasteiger partial charge in [-0.2, -0.15) is 0 Å². The zero-order valence-electron chi connectivity index (χ0n) is 15.6. The Hall–Kier alpha value is -3.29. The predicted octanol–water partition coefficient (Wildman–Crippen LogP) is 2.66. The van der Waals surface area contributed by atoms with Gasteiger partial charge in [0, 0.05) is 18.2 Å². The molecule has 2 aromatic rings. The first-order chi connectivity index (χ1) is 13.5. The number of amides is 1. The molecule has 2 aliphatic rings. The molecule has 0 fully saturated rings. The lowest BCUT2D eigenvalue weighted by Crippen LogP contribution is -2.35. The van der Waals surface area contributed by atoms with E-state index < -0.39 is 11.9 Å². The minimum atomic E-state index is -0.487. The number of aliphatic imine (C=N–C) groups is 1. The van der Waals surface area contributed by atoms with Crippen LogP contribution in [0.15, 0.2) is 47.2 Å². The molecule has 0 spiro atoms. The summed E-state index contributed by atoms with van der Waals surface area (Å²) in [6, 6.07) is 5.29. The maximum atomic E-state index is 13.7. The molecule has 1 aromatic carbocycles. The van der Waals surface area contributed by atoms with Crippen molar-refractivity contribution in [1.29, 1.82) is 0 Å². The maximum absolute atomic E-state index is 13.7. The third-order valence-corrected chi connectivity index (χ3v) is 4.82. The second-order valence-corrected chi connectivity index (χ2v) is 6.81. The van der Waals surface area contributed by atoms with E-state index in [4.69, 9.17) is 4.74 Å². The van der Waals surface area contributed by atoms with Gasteiger partial charge in [0.2, 0.25) is 0 Å². The van der Waals surface area contributed by atoms with Crippen LogP contribution in [0.25, 0.3) is 11.3 Å². The third kappa shape index (κ3) is 3.58. The molecule has 8 heteroatoms. The molecule has 1 unspecified atom stereocenters. The van der Waals surface area contributed by atoms with Crippen LogP contribution in [0.3, 0.4) is 0 Å². The molecule has 1 aromatic heterocycles. The van der Waals surface area contributed by atoms with Gasteiger partial charge in [-0.15, -0.1) is 0 Å². The van der Waals surface area contributed by atoms with Gasteiger partial charge in [-0.1, -0.05) is 5.57 Å². The topological polar surface area (TPSA) is 79.7 Å². The van der Waals surface area contributed by atoms with E-state index in [1.54, 1.807) is 6.07 Å². The molecule has 7 nitrogen and oxygen atoms in total. The number of hydrogen-bond acceptors (Lipinski definition) is 6. The molecule has 0 aliphatic carbocycles. The van der Waals surface area contributed by atoms with Crippen molar-refractivity contribution >= 4 is 17.6 Å². The van der Waals surface area contributed by atoms with Gasteiger partial charge in [-0.3, -0.25) is 9.79 Å². The summed E-state index contributed by atoms with van der Waals surface area (Å²) < 4.78 is 18.9. The molecule has 4 rings (SSSR count). The summed E-state index contributed by atoms with van der Waals surface area (Å²) in [7, 11) is 1.50. The molecule has 1 atom stereocenters. The van der Waals surface area contributed by atoms with Gasteiger partial charge in [-0.05, 0) is 37.6 Å². The average molecular weight is 381 g/mol. The number of nitrogens with one attached hydrogen (secondary N) is 1. The standard InChI is InChI=1S/C20H20FN5O2/c1-12-5-6-26-10-16(24-19(26)7-12)20(27)25-18-9-15(22-11-23-18)14-8-13(21)3-4-17(14)28-2/h3-4,7-9,11,16H,5-6,10H2,1-2H3,(H,22,23,25,27). The minimum absolute atomic E-state index is 0.233. The molecule has 3 heterocycles. The molecule has 0 radical (unpaired) electrons. The van der Waals surface area contributed by atoms with Crippen LogP contribution in [0.1, 0.15) is 13.3 Å². The highest BCUT2D eigenvalue weighted by molar-refractivity contribution is 6.02. The Morgan fingerprint density at radius 3 is 3.00 bits per heavy atom. The van der Waals surface area contributed by atoms with E-state index >= 15 is 0 Å². The van der Waals surface area contributed by atoms with E-state index in [0.717, 1.165) is 18.8 Å². The number of hydrogen-bond donors (Lipinski definition) is 1. The van der Waals surface area contributed by atoms with Gasteiger partial charge in [-0.25, -0.2) is 14.4 Å². The van der Waals surface area contributed by atoms with E-state index in [1.165, 1.54) is 37.2 Å². The fourth-order valence-electron chi connectivity index (χ4n) is 3.33. The normalized spacial score (nSPS) is 18.2. The average Bonchev–Trinajstić information content (AvgIpc) is 3.11. The van der Waals surface area contributed by atoms with E-state index in [0.29, 0.717) is 29.4 Å². The van der Waals surface area contributed by atoms with Crippen molar-refractivity contribution in [2.45, 2.75) is 19.4 Å². The van der Waals surface area contributed by atoms with E-state index in [9.17, 15) is 9.18 Å². The minimum Gasteiger partial charge on any atom is -0.496 e. The number of carbonyl (C=O) groups is 1. The van der Waals surface area contributed by atoms with Crippen LogP contribution in [0.2, 0.25) is 0 Å². The molecule has 28 heavy (non-hydrogen) atoms. The number of amidine groups is 1. The first kappa shape index (κ1) is 18.1. The number of fused-ring (bicyclic) bond motifs is 1. The van der Waals surface area contributed by atoms with Crippen LogP contribution in [0.5, 0.6) is 5.75 Å². The van der Waals surface area contributed by atoms with Crippen molar-refractivity contribution in [1.82, 2.24) is 14.9 Å². The first-order valence-electron chi connectivity index (χ1n) is 9.00. The second kappa shape index (κ2) is 7.38. The SMILES string of the molecule is COc1ccc(F)cc1-c1cc(NC(=O)C2CN3CCC(C)=CC3=N2)ncn1. The molecule has 1 N–H and O–H groups in total. The van der Waals surface area contributed by atoms with E-state index in [1.807, 2.05) is 6.08 Å². The summed E-state index contributed by atoms with van der Waals surface area (Å²) in [6.07, 6.45) is 4.33. The summed E-state index contributed by atoms with van der Waals surface area (Å²) in [5.74, 6) is 1.04. The lowest BCUT2D eigenvalue weighted by atomic mass is 10.1. The van der Waals surface area contributed by atoms with Gasteiger partial charge >= 0.3 is 0 Å². The van der Waals surface area contributed by atoms with Gasteiger partial charge in [0.05, 0.1) is 19.3 Å². The Bertz CT molecular complexity index is 988. The zero-order valence-corrected chi connectivity index (χ0v) is 15.6. The summed E-state index contributed by atoms with van der Waals surface area (Å²) in [5, 5.41) is 2.79. The van der Waals surface area contributed by atoms with Gasteiger partial charge in [0.1, 0.15) is 35.6 Å². The smallest absolute Gasteiger partial charge is 0.252 e. The molecular weight excluding hydrogens is 361 g/mol. The van der Waals surface area contributed by atoms with Crippen LogP contribution < -0.4 is 10.1 Å². The Balaban J connectivity index is 1.53. The van der Waals surface area contributed by atoms with Crippen LogP contribution in [-0.2, 0) is 4.79 Å². The molecule has 144 valence electrons. The number of ether oxygens (including phenoxy) is 1. The molecule has 0 saturated carbocycles. The molecule has 2 aliphatic heterocycles. The number of halogens is 1. The van der Waals surface area contributed by atoms with Crippen molar-refractivity contribution in [3.63, 3.8) is 0 Å². The van der Waals surface area contributed by atoms with Crippen molar-refractivity contribution < 1.29 is 13.9 Å². The number of benzene rings is 1. The first-order valence-corrected chi connectivity index (χ1v) is 9.00. The zero-order chi connectivity index (χ0) is 19.7. The lowest BCUT2D eigenvalue weighted by molar-refractivity contribution is -0.117. The third-order valence-electron chi connectivity index (χ3n) is 4.82. The van der Waals surface area contributed by atoms with Gasteiger partial charge in [0.25, 0.3) is 5.91 Å². The van der Waals surface area contributed by atoms with Crippen LogP contribution >= 0.6 is 0 Å². The molecule has 0 saturated heterocycles. The fraction of sp³-hybridized carbons (Fsp3) is 0.300. The highest BCUT2D eigenvalue weighted by Crippen LogP contribution is 2.30. The quantitative estimate of drug-likeness (QED) is 0.881. The fourth-order valence-corrected chi connectivity index (χ4v) is 3.33. The Kier molecular flexibility index (Phi) is 4.77. The van der Waals surface area contributed by atoms with Gasteiger partial charge in [0.15, 0.2) is 0 Å². The van der Waals surface area contributed by atoms with Crippen molar-refractivity contribution in [3.8, 4) is 17.0 Å². The summed E-state index contributed by atoms with van der Waals surface area (Å²) >= 11 is 0. The monoisotopic (exact) mass is 381 g/mol. The summed E-state index contributed by atoms with van der Waals surface area (Å²) in [5.41, 5.74) is 2.20. The van der Waals surface area contributed by atoms with Crippen molar-refractivity contribution in [2.24, 2.45) is 4.99 Å². The number of rotatable bonds is 4. The van der Waals surface area contributed by atoms with E-state index in [2.05, 4.69) is 32.1 Å². The van der Waals surface area contributed by atoms with Crippen LogP contribution in [0.4, 0.5) is 10.2 Å². The maximum Gasteiger partial charge on any atom is 0.252 e. The number of aromatic nitrogens is 2. The van der Waals surface area contributed by atoms with Crippen molar-refractivity contribution in [2.75, 3.05) is 25.5 Å². The largest absolute Gasteiger partial charge is 0.496 e. The Morgan fingerprint density at radius 2 is 2.18 bits per heavy atom. The highest BCUT2D eigenvalue weighted by atomic mass is 19.1. The predicted molar refractivity (Wildman–Crippen MR) is 104 cm³/mol. The van der Waals surface area contributed by atoms with E-state index in [-0.39, 0.29) is 5.91 Å². The number of anilines is 1. The number of methoxy groups -OCH3 is 1. The molecule has 1 amide bonds.